The molecule has 1 fully saturated rings. The van der Waals surface area contributed by atoms with E-state index in [0.29, 0.717) is 36.3 Å². The number of benzene rings is 3. The van der Waals surface area contributed by atoms with E-state index in [1.807, 2.05) is 43.3 Å². The van der Waals surface area contributed by atoms with Crippen molar-refractivity contribution in [2.24, 2.45) is 5.92 Å². The van der Waals surface area contributed by atoms with E-state index in [1.165, 1.54) is 30.3 Å². The highest BCUT2D eigenvalue weighted by molar-refractivity contribution is 5.90. The number of hydrogen-bond donors (Lipinski definition) is 2. The van der Waals surface area contributed by atoms with Gasteiger partial charge in [0.1, 0.15) is 17.3 Å². The summed E-state index contributed by atoms with van der Waals surface area (Å²) in [5, 5.41) is 19.3. The number of nitrogens with zero attached hydrogens (tertiary/aromatic N) is 4. The number of non-ortho nitro benzene ring substituents is 1. The Labute approximate surface area is 247 Å². The molecule has 5 rings (SSSR count). The lowest BCUT2D eigenvalue weighted by atomic mass is 9.86. The molecule has 3 aromatic carbocycles. The number of nitro benzene ring substituents is 1. The molecule has 12 heteroatoms. The molecule has 2 N–H and O–H groups in total. The van der Waals surface area contributed by atoms with Gasteiger partial charge >= 0.3 is 6.18 Å². The van der Waals surface area contributed by atoms with Crippen molar-refractivity contribution in [3.63, 3.8) is 0 Å². The number of para-hydroxylation sites is 1. The maximum absolute atomic E-state index is 12.9. The number of fused-ring (bicyclic) bond motifs is 1. The van der Waals surface area contributed by atoms with Gasteiger partial charge in [0, 0.05) is 49.8 Å². The van der Waals surface area contributed by atoms with Gasteiger partial charge in [-0.3, -0.25) is 10.1 Å². The molecule has 1 heterocycles. The molecule has 1 aliphatic carbocycles. The molecule has 0 aliphatic heterocycles. The summed E-state index contributed by atoms with van der Waals surface area (Å²) in [5.41, 5.74) is 0.578. The van der Waals surface area contributed by atoms with Crippen molar-refractivity contribution in [2.45, 2.75) is 44.4 Å². The van der Waals surface area contributed by atoms with Crippen LogP contribution in [0, 0.1) is 16.0 Å². The van der Waals surface area contributed by atoms with E-state index in [2.05, 4.69) is 10.6 Å². The van der Waals surface area contributed by atoms with Gasteiger partial charge in [0.25, 0.3) is 5.69 Å². The predicted octanol–water partition coefficient (Wildman–Crippen LogP) is 7.18. The first kappa shape index (κ1) is 30.0. The first-order chi connectivity index (χ1) is 20.6. The van der Waals surface area contributed by atoms with Crippen LogP contribution in [-0.4, -0.2) is 41.6 Å². The molecule has 1 aromatic heterocycles. The van der Waals surface area contributed by atoms with Gasteiger partial charge in [-0.15, -0.1) is 0 Å². The Balaban J connectivity index is 1.17. The van der Waals surface area contributed by atoms with E-state index in [0.717, 1.165) is 54.5 Å². The maximum atomic E-state index is 12.9. The lowest BCUT2D eigenvalue weighted by molar-refractivity contribution is -0.384. The minimum Gasteiger partial charge on any atom is -0.457 e. The van der Waals surface area contributed by atoms with Crippen LogP contribution in [0.15, 0.2) is 66.7 Å². The number of ether oxygens (including phenoxy) is 1. The highest BCUT2D eigenvalue weighted by Crippen LogP contribution is 2.34. The standard InChI is InChI=1S/C31H33F3N6O3/c1-39(2)29-26-5-3-4-6-27(26)37-30(38-29)36-23-11-7-20(8-12-23)18-35-19-21-17-24(40(41)42)13-16-28(21)43-25-14-9-22(10-15-25)31(32,33)34/h3-6,9-10,13-17,20,23,35H,7-8,11-12,18-19H2,1-2H3,(H,36,37,38)/t20-,23+. The lowest BCUT2D eigenvalue weighted by Crippen LogP contribution is -2.31. The number of anilines is 2. The molecule has 0 saturated heterocycles. The zero-order valence-corrected chi connectivity index (χ0v) is 23.9. The Kier molecular flexibility index (Phi) is 8.95. The van der Waals surface area contributed by atoms with Gasteiger partial charge in [0.2, 0.25) is 5.95 Å². The fourth-order valence-electron chi connectivity index (χ4n) is 5.33. The number of nitro groups is 1. The van der Waals surface area contributed by atoms with Crippen molar-refractivity contribution in [1.82, 2.24) is 15.3 Å². The first-order valence-corrected chi connectivity index (χ1v) is 14.1. The zero-order valence-electron chi connectivity index (χ0n) is 23.9. The van der Waals surface area contributed by atoms with Crippen molar-refractivity contribution >= 4 is 28.4 Å². The fourth-order valence-corrected chi connectivity index (χ4v) is 5.33. The number of halogens is 3. The minimum absolute atomic E-state index is 0.0866. The van der Waals surface area contributed by atoms with Crippen LogP contribution in [0.5, 0.6) is 11.5 Å². The van der Waals surface area contributed by atoms with E-state index in [1.54, 1.807) is 0 Å². The first-order valence-electron chi connectivity index (χ1n) is 14.1. The van der Waals surface area contributed by atoms with Crippen LogP contribution < -0.4 is 20.3 Å². The van der Waals surface area contributed by atoms with Crippen LogP contribution in [0.25, 0.3) is 10.9 Å². The van der Waals surface area contributed by atoms with Gasteiger partial charge in [0.05, 0.1) is 16.0 Å². The van der Waals surface area contributed by atoms with E-state index in [4.69, 9.17) is 14.7 Å². The number of rotatable bonds is 10. The van der Waals surface area contributed by atoms with E-state index in [-0.39, 0.29) is 17.5 Å². The normalized spacial score (nSPS) is 17.0. The van der Waals surface area contributed by atoms with Crippen LogP contribution in [0.2, 0.25) is 0 Å². The van der Waals surface area contributed by atoms with Crippen LogP contribution >= 0.6 is 0 Å². The largest absolute Gasteiger partial charge is 0.457 e. The third-order valence-corrected chi connectivity index (χ3v) is 7.60. The maximum Gasteiger partial charge on any atom is 0.416 e. The van der Waals surface area contributed by atoms with Crippen LogP contribution in [0.1, 0.15) is 36.8 Å². The van der Waals surface area contributed by atoms with Crippen LogP contribution in [0.3, 0.4) is 0 Å². The molecule has 1 aliphatic rings. The van der Waals surface area contributed by atoms with Gasteiger partial charge in [-0.05, 0) is 80.6 Å². The topological polar surface area (TPSA) is 105 Å². The highest BCUT2D eigenvalue weighted by atomic mass is 19.4. The Morgan fingerprint density at radius 3 is 2.40 bits per heavy atom. The summed E-state index contributed by atoms with van der Waals surface area (Å²) in [6, 6.07) is 16.8. The zero-order chi connectivity index (χ0) is 30.6. The van der Waals surface area contributed by atoms with Crippen LogP contribution in [0.4, 0.5) is 30.6 Å². The molecule has 1 saturated carbocycles. The summed E-state index contributed by atoms with van der Waals surface area (Å²) in [6.45, 7) is 1.03. The molecular formula is C31H33F3N6O3. The fraction of sp³-hybridized carbons (Fsp3) is 0.355. The van der Waals surface area contributed by atoms with Gasteiger partial charge < -0.3 is 20.3 Å². The molecule has 0 radical (unpaired) electrons. The summed E-state index contributed by atoms with van der Waals surface area (Å²) in [6.07, 6.45) is -0.556. The van der Waals surface area contributed by atoms with Crippen molar-refractivity contribution in [2.75, 3.05) is 30.9 Å². The predicted molar refractivity (Wildman–Crippen MR) is 160 cm³/mol. The molecular weight excluding hydrogens is 561 g/mol. The number of alkyl halides is 3. The Hall–Kier alpha value is -4.45. The quantitative estimate of drug-likeness (QED) is 0.147. The second-order valence-corrected chi connectivity index (χ2v) is 10.9. The van der Waals surface area contributed by atoms with Crippen LogP contribution in [-0.2, 0) is 12.7 Å². The summed E-state index contributed by atoms with van der Waals surface area (Å²) in [4.78, 5) is 22.3. The minimum atomic E-state index is -4.45. The van der Waals surface area contributed by atoms with E-state index < -0.39 is 16.7 Å². The summed E-state index contributed by atoms with van der Waals surface area (Å²) in [7, 11) is 3.93. The molecule has 0 amide bonds. The van der Waals surface area contributed by atoms with E-state index >= 15 is 0 Å². The summed E-state index contributed by atoms with van der Waals surface area (Å²) < 4.78 is 44.6. The molecule has 4 aromatic rings. The monoisotopic (exact) mass is 594 g/mol. The molecule has 226 valence electrons. The van der Waals surface area contributed by atoms with Crippen molar-refractivity contribution in [1.29, 1.82) is 0 Å². The number of nitrogens with one attached hydrogen (secondary N) is 2. The molecule has 9 nitrogen and oxygen atoms in total. The molecule has 43 heavy (non-hydrogen) atoms. The average Bonchev–Trinajstić information content (AvgIpc) is 2.98. The van der Waals surface area contributed by atoms with E-state index in [9.17, 15) is 23.3 Å². The third kappa shape index (κ3) is 7.50. The highest BCUT2D eigenvalue weighted by Gasteiger charge is 2.30. The Morgan fingerprint density at radius 2 is 1.72 bits per heavy atom. The Morgan fingerprint density at radius 1 is 1.00 bits per heavy atom. The number of hydrogen-bond acceptors (Lipinski definition) is 8. The summed E-state index contributed by atoms with van der Waals surface area (Å²) >= 11 is 0. The molecule has 0 spiro atoms. The lowest BCUT2D eigenvalue weighted by Gasteiger charge is -2.29. The molecule has 0 atom stereocenters. The number of aromatic nitrogens is 2. The van der Waals surface area contributed by atoms with Gasteiger partial charge in [-0.25, -0.2) is 4.98 Å². The second-order valence-electron chi connectivity index (χ2n) is 10.9. The van der Waals surface area contributed by atoms with Gasteiger partial charge in [-0.2, -0.15) is 18.2 Å². The summed E-state index contributed by atoms with van der Waals surface area (Å²) in [5.74, 6) is 2.47. The smallest absolute Gasteiger partial charge is 0.416 e. The van der Waals surface area contributed by atoms with Crippen molar-refractivity contribution < 1.29 is 22.8 Å². The Bertz CT molecular complexity index is 1570. The third-order valence-electron chi connectivity index (χ3n) is 7.60. The second kappa shape index (κ2) is 12.8. The van der Waals surface area contributed by atoms with Crippen molar-refractivity contribution in [3.05, 3.63) is 88.0 Å². The SMILES string of the molecule is CN(C)c1nc(N[C@H]2CC[C@@H](CNCc3cc([N+](=O)[O-])ccc3Oc3ccc(C(F)(F)F)cc3)CC2)nc2ccccc12. The molecule has 0 bridgehead atoms. The molecule has 0 unspecified atom stereocenters. The van der Waals surface area contributed by atoms with Gasteiger partial charge in [-0.1, -0.05) is 12.1 Å². The van der Waals surface area contributed by atoms with Crippen molar-refractivity contribution in [3.8, 4) is 11.5 Å². The average molecular weight is 595 g/mol. The van der Waals surface area contributed by atoms with Gasteiger partial charge in [0.15, 0.2) is 0 Å².